The second-order valence-corrected chi connectivity index (χ2v) is 2.12. The van der Waals surface area contributed by atoms with Crippen molar-refractivity contribution in [2.75, 3.05) is 7.05 Å². The van der Waals surface area contributed by atoms with Gasteiger partial charge in [0.15, 0.2) is 0 Å². The molecule has 2 amide bonds. The molecule has 0 aromatic heterocycles. The molecule has 0 spiro atoms. The third-order valence-corrected chi connectivity index (χ3v) is 0.856. The largest absolute Gasteiger partial charge is 0.490 e. The minimum Gasteiger partial charge on any atom is -0.475 e. The van der Waals surface area contributed by atoms with Gasteiger partial charge in [-0.3, -0.25) is 9.59 Å². The summed E-state index contributed by atoms with van der Waals surface area (Å²) in [7, 11) is 1.45. The molecule has 0 aromatic rings. The van der Waals surface area contributed by atoms with Gasteiger partial charge in [0.05, 0.1) is 0 Å². The van der Waals surface area contributed by atoms with Gasteiger partial charge >= 0.3 is 12.1 Å². The van der Waals surface area contributed by atoms with E-state index in [-0.39, 0.29) is 12.3 Å². The van der Waals surface area contributed by atoms with Crippen molar-refractivity contribution < 1.29 is 32.7 Å². The number of amides is 2. The lowest BCUT2D eigenvalue weighted by Gasteiger charge is -1.93. The monoisotopic (exact) mass is 230 g/mol. The first-order valence-corrected chi connectivity index (χ1v) is 3.40. The van der Waals surface area contributed by atoms with Crippen LogP contribution in [0.3, 0.4) is 0 Å². The van der Waals surface area contributed by atoms with Crippen molar-refractivity contribution in [1.82, 2.24) is 5.32 Å². The van der Waals surface area contributed by atoms with Crippen LogP contribution < -0.4 is 11.1 Å². The molecular weight excluding hydrogens is 221 g/mol. The Hall–Kier alpha value is -1.80. The van der Waals surface area contributed by atoms with E-state index in [0.717, 1.165) is 0 Å². The van der Waals surface area contributed by atoms with E-state index >= 15 is 0 Å². The lowest BCUT2D eigenvalue weighted by molar-refractivity contribution is -0.192. The van der Waals surface area contributed by atoms with Gasteiger partial charge in [0.25, 0.3) is 0 Å². The van der Waals surface area contributed by atoms with Crippen molar-refractivity contribution in [3.63, 3.8) is 0 Å². The van der Waals surface area contributed by atoms with Gasteiger partial charge in [-0.25, -0.2) is 4.79 Å². The minimum atomic E-state index is -5.08. The Kier molecular flexibility index (Phi) is 6.92. The number of hydrogen-bond donors (Lipinski definition) is 3. The van der Waals surface area contributed by atoms with Gasteiger partial charge in [0.1, 0.15) is 6.42 Å². The number of carbonyl (C=O) groups is 3. The zero-order chi connectivity index (χ0) is 12.6. The maximum Gasteiger partial charge on any atom is 0.490 e. The van der Waals surface area contributed by atoms with Crippen molar-refractivity contribution in [2.24, 2.45) is 5.73 Å². The molecule has 4 N–H and O–H groups in total. The molecule has 0 aliphatic heterocycles. The van der Waals surface area contributed by atoms with Crippen LogP contribution in [-0.2, 0) is 14.4 Å². The van der Waals surface area contributed by atoms with Crippen LogP contribution in [0.25, 0.3) is 0 Å². The Morgan fingerprint density at radius 1 is 1.33 bits per heavy atom. The number of primary amides is 1. The molecule has 0 saturated carbocycles. The average molecular weight is 230 g/mol. The first kappa shape index (κ1) is 15.7. The molecule has 0 saturated heterocycles. The highest BCUT2D eigenvalue weighted by atomic mass is 19.4. The first-order valence-electron chi connectivity index (χ1n) is 3.40. The molecule has 88 valence electrons. The summed E-state index contributed by atoms with van der Waals surface area (Å²) >= 11 is 0. The number of hydrogen-bond acceptors (Lipinski definition) is 3. The standard InChI is InChI=1S/C4H8N2O2.C2HF3O2/c1-6-4(8)2-3(5)7;3-2(4,5)1(6)7/h2H2,1H3,(H2,5,7)(H,6,8);(H,6,7). The number of carbonyl (C=O) groups excluding carboxylic acids is 2. The van der Waals surface area contributed by atoms with E-state index in [1.54, 1.807) is 0 Å². The molecular formula is C6H9F3N2O4. The zero-order valence-corrected chi connectivity index (χ0v) is 7.59. The third kappa shape index (κ3) is 12.2. The highest BCUT2D eigenvalue weighted by Gasteiger charge is 2.38. The van der Waals surface area contributed by atoms with Crippen LogP contribution >= 0.6 is 0 Å². The van der Waals surface area contributed by atoms with Gasteiger partial charge < -0.3 is 16.2 Å². The van der Waals surface area contributed by atoms with Gasteiger partial charge in [-0.2, -0.15) is 13.2 Å². The van der Waals surface area contributed by atoms with E-state index in [9.17, 15) is 22.8 Å². The van der Waals surface area contributed by atoms with Crippen LogP contribution in [0.5, 0.6) is 0 Å². The fraction of sp³-hybridized carbons (Fsp3) is 0.500. The maximum absolute atomic E-state index is 10.6. The number of nitrogens with one attached hydrogen (secondary N) is 1. The van der Waals surface area contributed by atoms with E-state index in [4.69, 9.17) is 9.90 Å². The Labute approximate surface area is 82.2 Å². The van der Waals surface area contributed by atoms with Gasteiger partial charge in [-0.15, -0.1) is 0 Å². The molecule has 0 aliphatic carbocycles. The summed E-state index contributed by atoms with van der Waals surface area (Å²) in [5, 5.41) is 9.38. The number of aliphatic carboxylic acids is 1. The predicted octanol–water partition coefficient (Wildman–Crippen LogP) is -0.759. The molecule has 0 bridgehead atoms. The zero-order valence-electron chi connectivity index (χ0n) is 7.59. The van der Waals surface area contributed by atoms with Crippen LogP contribution in [0.15, 0.2) is 0 Å². The number of alkyl halides is 3. The van der Waals surface area contributed by atoms with Crippen molar-refractivity contribution in [2.45, 2.75) is 12.6 Å². The minimum absolute atomic E-state index is 0.226. The summed E-state index contributed by atoms with van der Waals surface area (Å²) in [5.74, 6) is -3.71. The van der Waals surface area contributed by atoms with Crippen molar-refractivity contribution >= 4 is 17.8 Å². The van der Waals surface area contributed by atoms with Gasteiger partial charge in [-0.1, -0.05) is 0 Å². The summed E-state index contributed by atoms with van der Waals surface area (Å²) in [6.07, 6.45) is -5.31. The molecule has 0 unspecified atom stereocenters. The maximum atomic E-state index is 10.6. The fourth-order valence-electron chi connectivity index (χ4n) is 0.247. The number of carboxylic acid groups (broad SMARTS) is 1. The average Bonchev–Trinajstić information content (AvgIpc) is 2.02. The van der Waals surface area contributed by atoms with Crippen molar-refractivity contribution in [1.29, 1.82) is 0 Å². The second-order valence-electron chi connectivity index (χ2n) is 2.12. The van der Waals surface area contributed by atoms with Crippen LogP contribution in [0.1, 0.15) is 6.42 Å². The Morgan fingerprint density at radius 3 is 1.73 bits per heavy atom. The predicted molar refractivity (Wildman–Crippen MR) is 41.6 cm³/mol. The first-order chi connectivity index (χ1) is 6.61. The summed E-state index contributed by atoms with van der Waals surface area (Å²) < 4.78 is 31.7. The molecule has 0 fully saturated rings. The van der Waals surface area contributed by atoms with Crippen LogP contribution in [-0.4, -0.2) is 36.1 Å². The summed E-state index contributed by atoms with van der Waals surface area (Å²) in [4.78, 5) is 29.0. The fourth-order valence-corrected chi connectivity index (χ4v) is 0.247. The number of halogens is 3. The Bertz CT molecular complexity index is 251. The van der Waals surface area contributed by atoms with Gasteiger partial charge in [0, 0.05) is 7.05 Å². The molecule has 15 heavy (non-hydrogen) atoms. The lowest BCUT2D eigenvalue weighted by atomic mass is 10.4. The van der Waals surface area contributed by atoms with Crippen LogP contribution in [0, 0.1) is 0 Å². The second kappa shape index (κ2) is 6.62. The van der Waals surface area contributed by atoms with Gasteiger partial charge in [-0.05, 0) is 0 Å². The number of carboxylic acids is 1. The highest BCUT2D eigenvalue weighted by Crippen LogP contribution is 2.13. The molecule has 0 aromatic carbocycles. The molecule has 0 radical (unpaired) electrons. The van der Waals surface area contributed by atoms with Crippen LogP contribution in [0.2, 0.25) is 0 Å². The van der Waals surface area contributed by atoms with E-state index in [1.807, 2.05) is 0 Å². The lowest BCUT2D eigenvalue weighted by Crippen LogP contribution is -2.24. The molecule has 9 heteroatoms. The highest BCUT2D eigenvalue weighted by molar-refractivity contribution is 5.95. The Morgan fingerprint density at radius 2 is 1.67 bits per heavy atom. The van der Waals surface area contributed by atoms with E-state index < -0.39 is 18.1 Å². The third-order valence-electron chi connectivity index (χ3n) is 0.856. The molecule has 0 atom stereocenters. The molecule has 0 aliphatic rings. The summed E-state index contributed by atoms with van der Waals surface area (Å²) in [5.41, 5.74) is 4.67. The summed E-state index contributed by atoms with van der Waals surface area (Å²) in [6, 6.07) is 0. The van der Waals surface area contributed by atoms with Gasteiger partial charge in [0.2, 0.25) is 11.8 Å². The molecule has 0 rings (SSSR count). The SMILES string of the molecule is CNC(=O)CC(N)=O.O=C(O)C(F)(F)F. The van der Waals surface area contributed by atoms with Crippen LogP contribution in [0.4, 0.5) is 13.2 Å². The van der Waals surface area contributed by atoms with Crippen molar-refractivity contribution in [3.05, 3.63) is 0 Å². The topological polar surface area (TPSA) is 109 Å². The van der Waals surface area contributed by atoms with E-state index in [2.05, 4.69) is 11.1 Å². The Balaban J connectivity index is 0. The quantitative estimate of drug-likeness (QED) is 0.541. The van der Waals surface area contributed by atoms with Crippen molar-refractivity contribution in [3.8, 4) is 0 Å². The van der Waals surface area contributed by atoms with E-state index in [0.29, 0.717) is 0 Å². The molecule has 6 nitrogen and oxygen atoms in total. The van der Waals surface area contributed by atoms with E-state index in [1.165, 1.54) is 7.05 Å². The molecule has 0 heterocycles. The summed E-state index contributed by atoms with van der Waals surface area (Å²) in [6.45, 7) is 0. The normalized spacial score (nSPS) is 9.60. The number of nitrogens with two attached hydrogens (primary N) is 1. The number of rotatable bonds is 2. The smallest absolute Gasteiger partial charge is 0.475 e.